The Hall–Kier alpha value is -1.96. The molecule has 2 nitrogen and oxygen atoms in total. The van der Waals surface area contributed by atoms with Gasteiger partial charge in [0.05, 0.1) is 0 Å². The highest BCUT2D eigenvalue weighted by Crippen LogP contribution is 2.28. The van der Waals surface area contributed by atoms with Crippen molar-refractivity contribution in [1.82, 2.24) is 0 Å². The molecule has 0 fully saturated rings. The van der Waals surface area contributed by atoms with E-state index in [1.807, 2.05) is 6.92 Å². The van der Waals surface area contributed by atoms with Gasteiger partial charge in [0.1, 0.15) is 5.56 Å². The predicted molar refractivity (Wildman–Crippen MR) is 78.7 cm³/mol. The molecule has 0 aliphatic rings. The molecule has 0 atom stereocenters. The Labute approximate surface area is 138 Å². The molecule has 0 spiro atoms. The van der Waals surface area contributed by atoms with Crippen LogP contribution in [-0.2, 0) is 6.42 Å². The molecular formula is C16H13F5O2S. The number of carbonyl (C=O) groups is 1. The molecule has 24 heavy (non-hydrogen) atoms. The summed E-state index contributed by atoms with van der Waals surface area (Å²) >= 11 is 1.00. The number of halogens is 5. The van der Waals surface area contributed by atoms with Gasteiger partial charge in [-0.1, -0.05) is 19.8 Å². The van der Waals surface area contributed by atoms with Gasteiger partial charge in [-0.2, -0.15) is 0 Å². The lowest BCUT2D eigenvalue weighted by Crippen LogP contribution is -2.17. The molecule has 0 amide bonds. The molecule has 0 saturated heterocycles. The molecule has 1 aromatic heterocycles. The van der Waals surface area contributed by atoms with E-state index < -0.39 is 40.6 Å². The number of rotatable bonds is 6. The normalized spacial score (nSPS) is 10.9. The van der Waals surface area contributed by atoms with Crippen molar-refractivity contribution in [2.24, 2.45) is 0 Å². The topological polar surface area (TPSA) is 26.3 Å². The van der Waals surface area contributed by atoms with E-state index in [1.54, 1.807) is 5.38 Å². The summed E-state index contributed by atoms with van der Waals surface area (Å²) < 4.78 is 71.0. The summed E-state index contributed by atoms with van der Waals surface area (Å²) in [6.45, 7) is 2.05. The van der Waals surface area contributed by atoms with Gasteiger partial charge < -0.3 is 4.74 Å². The SMILES string of the molecule is CCCCCc1csc(OC(=O)c2c(F)c(F)c(F)c(F)c2F)c1. The fraction of sp³-hybridized carbons (Fsp3) is 0.312. The smallest absolute Gasteiger partial charge is 0.350 e. The molecule has 130 valence electrons. The molecule has 2 rings (SSSR count). The molecular weight excluding hydrogens is 351 g/mol. The van der Waals surface area contributed by atoms with E-state index >= 15 is 0 Å². The summed E-state index contributed by atoms with van der Waals surface area (Å²) in [7, 11) is 0. The fourth-order valence-corrected chi connectivity index (χ4v) is 2.84. The highest BCUT2D eigenvalue weighted by Gasteiger charge is 2.31. The van der Waals surface area contributed by atoms with E-state index in [9.17, 15) is 26.7 Å². The van der Waals surface area contributed by atoms with Gasteiger partial charge in [-0.05, 0) is 29.9 Å². The number of carbonyl (C=O) groups excluding carboxylic acids is 1. The van der Waals surface area contributed by atoms with Crippen LogP contribution < -0.4 is 4.74 Å². The van der Waals surface area contributed by atoms with Gasteiger partial charge in [-0.15, -0.1) is 11.3 Å². The van der Waals surface area contributed by atoms with Crippen molar-refractivity contribution in [3.05, 3.63) is 51.7 Å². The van der Waals surface area contributed by atoms with Crippen molar-refractivity contribution in [3.8, 4) is 5.06 Å². The van der Waals surface area contributed by atoms with Gasteiger partial charge in [0, 0.05) is 0 Å². The maximum absolute atomic E-state index is 13.5. The minimum Gasteiger partial charge on any atom is -0.412 e. The first kappa shape index (κ1) is 18.4. The Morgan fingerprint density at radius 3 is 2.17 bits per heavy atom. The van der Waals surface area contributed by atoms with Gasteiger partial charge >= 0.3 is 5.97 Å². The van der Waals surface area contributed by atoms with Crippen molar-refractivity contribution in [1.29, 1.82) is 0 Å². The average molecular weight is 364 g/mol. The lowest BCUT2D eigenvalue weighted by molar-refractivity contribution is 0.0727. The number of aryl methyl sites for hydroxylation is 1. The molecule has 0 N–H and O–H groups in total. The maximum Gasteiger partial charge on any atom is 0.350 e. The standard InChI is InChI=1S/C16H13F5O2S/c1-2-3-4-5-8-6-9(24-7-8)23-16(22)10-11(17)13(19)15(21)14(20)12(10)18/h6-7H,2-5H2,1H3. The van der Waals surface area contributed by atoms with Gasteiger partial charge in [0.2, 0.25) is 5.82 Å². The van der Waals surface area contributed by atoms with Crippen LogP contribution in [0.15, 0.2) is 11.4 Å². The van der Waals surface area contributed by atoms with Crippen LogP contribution in [0.4, 0.5) is 22.0 Å². The Morgan fingerprint density at radius 2 is 1.58 bits per heavy atom. The average Bonchev–Trinajstić information content (AvgIpc) is 2.99. The number of ether oxygens (including phenoxy) is 1. The zero-order valence-electron chi connectivity index (χ0n) is 12.6. The highest BCUT2D eigenvalue weighted by atomic mass is 32.1. The molecule has 1 heterocycles. The molecule has 0 unspecified atom stereocenters. The number of unbranched alkanes of at least 4 members (excludes halogenated alkanes) is 2. The van der Waals surface area contributed by atoms with Crippen LogP contribution in [-0.4, -0.2) is 5.97 Å². The number of esters is 1. The Kier molecular flexibility index (Phi) is 5.93. The minimum absolute atomic E-state index is 0.0236. The Balaban J connectivity index is 2.19. The van der Waals surface area contributed by atoms with Gasteiger partial charge in [-0.25, -0.2) is 26.7 Å². The van der Waals surface area contributed by atoms with Crippen LogP contribution in [0.2, 0.25) is 0 Å². The zero-order chi connectivity index (χ0) is 17.9. The molecule has 8 heteroatoms. The van der Waals surface area contributed by atoms with E-state index in [4.69, 9.17) is 4.74 Å². The lowest BCUT2D eigenvalue weighted by atomic mass is 10.1. The summed E-state index contributed by atoms with van der Waals surface area (Å²) in [4.78, 5) is 11.8. The van der Waals surface area contributed by atoms with E-state index in [0.29, 0.717) is 0 Å². The Bertz CT molecular complexity index is 728. The van der Waals surface area contributed by atoms with Crippen molar-refractivity contribution in [2.75, 3.05) is 0 Å². The third kappa shape index (κ3) is 3.75. The third-order valence-electron chi connectivity index (χ3n) is 3.31. The largest absolute Gasteiger partial charge is 0.412 e. The van der Waals surface area contributed by atoms with Crippen molar-refractivity contribution >= 4 is 17.3 Å². The highest BCUT2D eigenvalue weighted by molar-refractivity contribution is 7.12. The lowest BCUT2D eigenvalue weighted by Gasteiger charge is -2.07. The number of hydrogen-bond acceptors (Lipinski definition) is 3. The van der Waals surface area contributed by atoms with Crippen LogP contribution in [0.3, 0.4) is 0 Å². The van der Waals surface area contributed by atoms with E-state index in [1.165, 1.54) is 6.07 Å². The number of hydrogen-bond donors (Lipinski definition) is 0. The first-order valence-electron chi connectivity index (χ1n) is 7.17. The van der Waals surface area contributed by atoms with Crippen molar-refractivity contribution < 1.29 is 31.5 Å². The van der Waals surface area contributed by atoms with Gasteiger partial charge in [0.25, 0.3) is 0 Å². The van der Waals surface area contributed by atoms with Crippen LogP contribution >= 0.6 is 11.3 Å². The zero-order valence-corrected chi connectivity index (χ0v) is 13.4. The molecule has 0 saturated carbocycles. The van der Waals surface area contributed by atoms with Gasteiger partial charge in [-0.3, -0.25) is 0 Å². The maximum atomic E-state index is 13.5. The van der Waals surface area contributed by atoms with Crippen LogP contribution in [0.25, 0.3) is 0 Å². The van der Waals surface area contributed by atoms with Gasteiger partial charge in [0.15, 0.2) is 28.3 Å². The summed E-state index contributed by atoms with van der Waals surface area (Å²) in [5.74, 6) is -12.8. The summed E-state index contributed by atoms with van der Waals surface area (Å²) in [5.41, 5.74) is -0.735. The monoisotopic (exact) mass is 364 g/mol. The number of benzene rings is 1. The van der Waals surface area contributed by atoms with Crippen LogP contribution in [0.1, 0.15) is 42.1 Å². The predicted octanol–water partition coefficient (Wildman–Crippen LogP) is 5.40. The first-order valence-corrected chi connectivity index (χ1v) is 8.05. The molecule has 0 aliphatic heterocycles. The van der Waals surface area contributed by atoms with Crippen LogP contribution in [0.5, 0.6) is 5.06 Å². The molecule has 0 radical (unpaired) electrons. The molecule has 2 aromatic rings. The van der Waals surface area contributed by atoms with Crippen molar-refractivity contribution in [2.45, 2.75) is 32.6 Å². The molecule has 0 bridgehead atoms. The summed E-state index contributed by atoms with van der Waals surface area (Å²) in [6, 6.07) is 1.50. The second-order valence-corrected chi connectivity index (χ2v) is 5.94. The summed E-state index contributed by atoms with van der Waals surface area (Å²) in [6.07, 6.45) is 3.73. The fourth-order valence-electron chi connectivity index (χ4n) is 2.04. The van der Waals surface area contributed by atoms with E-state index in [0.717, 1.165) is 42.6 Å². The molecule has 1 aromatic carbocycles. The van der Waals surface area contributed by atoms with E-state index in [2.05, 4.69) is 0 Å². The Morgan fingerprint density at radius 1 is 1.00 bits per heavy atom. The van der Waals surface area contributed by atoms with E-state index in [-0.39, 0.29) is 5.06 Å². The van der Waals surface area contributed by atoms with Crippen LogP contribution in [0, 0.1) is 29.1 Å². The van der Waals surface area contributed by atoms with Crippen molar-refractivity contribution in [3.63, 3.8) is 0 Å². The first-order chi connectivity index (χ1) is 11.4. The minimum atomic E-state index is -2.32. The second kappa shape index (κ2) is 7.74. The number of thiophene rings is 1. The quantitative estimate of drug-likeness (QED) is 0.226. The third-order valence-corrected chi connectivity index (χ3v) is 4.16. The summed E-state index contributed by atoms with van der Waals surface area (Å²) in [5, 5.41) is 1.73. The molecule has 0 aliphatic carbocycles. The second-order valence-electron chi connectivity index (χ2n) is 5.07.